The maximum absolute atomic E-state index is 12.2. The highest BCUT2D eigenvalue weighted by Gasteiger charge is 2.31. The van der Waals surface area contributed by atoms with Crippen LogP contribution in [0.2, 0.25) is 0 Å². The van der Waals surface area contributed by atoms with Gasteiger partial charge in [0.25, 0.3) is 0 Å². The van der Waals surface area contributed by atoms with Crippen LogP contribution in [0.1, 0.15) is 32.4 Å². The molecule has 2 atom stereocenters. The first-order valence-electron chi connectivity index (χ1n) is 6.58. The molecule has 0 spiro atoms. The highest BCUT2D eigenvalue weighted by atomic mass is 19.4. The lowest BCUT2D eigenvalue weighted by Crippen LogP contribution is -2.32. The third-order valence-corrected chi connectivity index (χ3v) is 2.77. The van der Waals surface area contributed by atoms with Crippen LogP contribution in [-0.4, -0.2) is 25.6 Å². The van der Waals surface area contributed by atoms with Gasteiger partial charge in [0.05, 0.1) is 12.1 Å². The quantitative estimate of drug-likeness (QED) is 0.831. The van der Waals surface area contributed by atoms with E-state index in [0.29, 0.717) is 18.7 Å². The summed E-state index contributed by atoms with van der Waals surface area (Å²) in [5.74, 6) is -0.221. The fourth-order valence-electron chi connectivity index (χ4n) is 2.04. The molecule has 0 radical (unpaired) electrons. The Hall–Kier alpha value is -1.27. The Morgan fingerprint density at radius 2 is 1.95 bits per heavy atom. The summed E-state index contributed by atoms with van der Waals surface area (Å²) in [5, 5.41) is 3.21. The SMILES string of the molecule is CCNC(c1cccc(OC(F)(F)F)c1)C(C)OCC. The van der Waals surface area contributed by atoms with Crippen molar-refractivity contribution in [2.24, 2.45) is 0 Å². The van der Waals surface area contributed by atoms with E-state index in [1.54, 1.807) is 12.1 Å². The minimum atomic E-state index is -4.68. The largest absolute Gasteiger partial charge is 0.573 e. The van der Waals surface area contributed by atoms with Gasteiger partial charge in [-0.05, 0) is 38.1 Å². The molecule has 1 aromatic rings. The Labute approximate surface area is 117 Å². The number of benzene rings is 1. The van der Waals surface area contributed by atoms with Gasteiger partial charge in [-0.25, -0.2) is 0 Å². The van der Waals surface area contributed by atoms with Crippen molar-refractivity contribution in [2.45, 2.75) is 39.3 Å². The summed E-state index contributed by atoms with van der Waals surface area (Å²) in [7, 11) is 0. The van der Waals surface area contributed by atoms with Crippen LogP contribution in [-0.2, 0) is 4.74 Å². The predicted octanol–water partition coefficient (Wildman–Crippen LogP) is 3.66. The van der Waals surface area contributed by atoms with E-state index in [0.717, 1.165) is 0 Å². The molecule has 1 rings (SSSR count). The standard InChI is InChI=1S/C14H20F3NO2/c1-4-18-13(10(3)19-5-2)11-7-6-8-12(9-11)20-14(15,16)17/h6-10,13,18H,4-5H2,1-3H3. The van der Waals surface area contributed by atoms with Crippen LogP contribution < -0.4 is 10.1 Å². The second kappa shape index (κ2) is 7.50. The second-order valence-electron chi connectivity index (χ2n) is 4.32. The fraction of sp³-hybridized carbons (Fsp3) is 0.571. The van der Waals surface area contributed by atoms with Crippen molar-refractivity contribution in [3.8, 4) is 5.75 Å². The predicted molar refractivity (Wildman–Crippen MR) is 70.6 cm³/mol. The Morgan fingerprint density at radius 1 is 1.25 bits per heavy atom. The molecule has 0 bridgehead atoms. The van der Waals surface area contributed by atoms with Crippen molar-refractivity contribution in [3.05, 3.63) is 29.8 Å². The van der Waals surface area contributed by atoms with Gasteiger partial charge in [-0.1, -0.05) is 19.1 Å². The summed E-state index contributed by atoms with van der Waals surface area (Å²) in [6.45, 7) is 6.92. The third-order valence-electron chi connectivity index (χ3n) is 2.77. The normalized spacial score (nSPS) is 14.9. The maximum atomic E-state index is 12.2. The molecule has 0 aliphatic heterocycles. The molecule has 0 aliphatic rings. The molecule has 3 nitrogen and oxygen atoms in total. The number of nitrogens with one attached hydrogen (secondary N) is 1. The Kier molecular flexibility index (Phi) is 6.29. The first-order valence-corrected chi connectivity index (χ1v) is 6.58. The van der Waals surface area contributed by atoms with Gasteiger partial charge in [0.15, 0.2) is 0 Å². The lowest BCUT2D eigenvalue weighted by molar-refractivity contribution is -0.274. The zero-order valence-electron chi connectivity index (χ0n) is 11.8. The van der Waals surface area contributed by atoms with Crippen molar-refractivity contribution in [3.63, 3.8) is 0 Å². The molecule has 2 unspecified atom stereocenters. The van der Waals surface area contributed by atoms with Crippen molar-refractivity contribution in [1.29, 1.82) is 0 Å². The summed E-state index contributed by atoms with van der Waals surface area (Å²) in [4.78, 5) is 0. The number of rotatable bonds is 7. The molecule has 0 saturated carbocycles. The van der Waals surface area contributed by atoms with Crippen molar-refractivity contribution >= 4 is 0 Å². The van der Waals surface area contributed by atoms with Crippen LogP contribution in [0, 0.1) is 0 Å². The average molecular weight is 291 g/mol. The van der Waals surface area contributed by atoms with Crippen molar-refractivity contribution < 1.29 is 22.6 Å². The number of likely N-dealkylation sites (N-methyl/N-ethyl adjacent to an activating group) is 1. The molecule has 0 aromatic heterocycles. The van der Waals surface area contributed by atoms with Gasteiger partial charge in [-0.15, -0.1) is 13.2 Å². The van der Waals surface area contributed by atoms with Gasteiger partial charge < -0.3 is 14.8 Å². The lowest BCUT2D eigenvalue weighted by atomic mass is 10.0. The number of alkyl halides is 3. The minimum Gasteiger partial charge on any atom is -0.406 e. The molecule has 0 fully saturated rings. The summed E-state index contributed by atoms with van der Waals surface area (Å²) in [5.41, 5.74) is 0.703. The first-order chi connectivity index (χ1) is 9.37. The van der Waals surface area contributed by atoms with Crippen molar-refractivity contribution in [2.75, 3.05) is 13.2 Å². The molecular formula is C14H20F3NO2. The van der Waals surface area contributed by atoms with E-state index >= 15 is 0 Å². The maximum Gasteiger partial charge on any atom is 0.573 e. The van der Waals surface area contributed by atoms with Crippen LogP contribution >= 0.6 is 0 Å². The molecule has 0 aliphatic carbocycles. The van der Waals surface area contributed by atoms with Gasteiger partial charge in [0, 0.05) is 6.61 Å². The fourth-order valence-corrected chi connectivity index (χ4v) is 2.04. The third kappa shape index (κ3) is 5.38. The van der Waals surface area contributed by atoms with Gasteiger partial charge in [-0.3, -0.25) is 0 Å². The average Bonchev–Trinajstić information content (AvgIpc) is 2.34. The summed E-state index contributed by atoms with van der Waals surface area (Å²) >= 11 is 0. The number of hydrogen-bond donors (Lipinski definition) is 1. The highest BCUT2D eigenvalue weighted by molar-refractivity contribution is 5.31. The highest BCUT2D eigenvalue weighted by Crippen LogP contribution is 2.27. The zero-order valence-corrected chi connectivity index (χ0v) is 11.8. The van der Waals surface area contributed by atoms with E-state index < -0.39 is 6.36 Å². The Bertz CT molecular complexity index is 410. The lowest BCUT2D eigenvalue weighted by Gasteiger charge is -2.25. The molecule has 114 valence electrons. The van der Waals surface area contributed by atoms with E-state index in [1.165, 1.54) is 12.1 Å². The van der Waals surface area contributed by atoms with Gasteiger partial charge in [0.1, 0.15) is 5.75 Å². The topological polar surface area (TPSA) is 30.5 Å². The number of ether oxygens (including phenoxy) is 2. The minimum absolute atomic E-state index is 0.152. The molecule has 20 heavy (non-hydrogen) atoms. The monoisotopic (exact) mass is 291 g/mol. The first kappa shape index (κ1) is 16.8. The van der Waals surface area contributed by atoms with Crippen LogP contribution in [0.4, 0.5) is 13.2 Å². The number of hydrogen-bond acceptors (Lipinski definition) is 3. The van der Waals surface area contributed by atoms with E-state index in [9.17, 15) is 13.2 Å². The van der Waals surface area contributed by atoms with Crippen LogP contribution in [0.5, 0.6) is 5.75 Å². The van der Waals surface area contributed by atoms with E-state index in [2.05, 4.69) is 10.1 Å². The molecule has 1 N–H and O–H groups in total. The summed E-state index contributed by atoms with van der Waals surface area (Å²) in [6.07, 6.45) is -4.83. The smallest absolute Gasteiger partial charge is 0.406 e. The van der Waals surface area contributed by atoms with Crippen molar-refractivity contribution in [1.82, 2.24) is 5.32 Å². The number of halogens is 3. The van der Waals surface area contributed by atoms with Gasteiger partial charge in [0.2, 0.25) is 0 Å². The molecular weight excluding hydrogens is 271 g/mol. The molecule has 0 amide bonds. The second-order valence-corrected chi connectivity index (χ2v) is 4.32. The van der Waals surface area contributed by atoms with Gasteiger partial charge >= 0.3 is 6.36 Å². The van der Waals surface area contributed by atoms with E-state index in [-0.39, 0.29) is 17.9 Å². The molecule has 6 heteroatoms. The zero-order chi connectivity index (χ0) is 15.2. The summed E-state index contributed by atoms with van der Waals surface area (Å²) < 4.78 is 46.2. The molecule has 0 heterocycles. The van der Waals surface area contributed by atoms with Crippen LogP contribution in [0.25, 0.3) is 0 Å². The molecule has 0 saturated heterocycles. The van der Waals surface area contributed by atoms with Crippen LogP contribution in [0.3, 0.4) is 0 Å². The Balaban J connectivity index is 2.93. The van der Waals surface area contributed by atoms with Gasteiger partial charge in [-0.2, -0.15) is 0 Å². The van der Waals surface area contributed by atoms with Crippen LogP contribution in [0.15, 0.2) is 24.3 Å². The van der Waals surface area contributed by atoms with E-state index in [4.69, 9.17) is 4.74 Å². The molecule has 1 aromatic carbocycles. The summed E-state index contributed by atoms with van der Waals surface area (Å²) in [6, 6.07) is 5.78. The van der Waals surface area contributed by atoms with E-state index in [1.807, 2.05) is 20.8 Å². The Morgan fingerprint density at radius 3 is 2.50 bits per heavy atom.